The lowest BCUT2D eigenvalue weighted by Gasteiger charge is -2.32. The van der Waals surface area contributed by atoms with Gasteiger partial charge in [-0.05, 0) is 122 Å². The van der Waals surface area contributed by atoms with Gasteiger partial charge in [-0.2, -0.15) is 0 Å². The molecule has 0 nitrogen and oxygen atoms in total. The van der Waals surface area contributed by atoms with Gasteiger partial charge >= 0.3 is 0 Å². The second-order valence-electron chi connectivity index (χ2n) is 12.4. The maximum Gasteiger partial charge on any atom is 0.0365 e. The number of allylic oxidation sites excluding steroid dienone is 8. The molecule has 0 heteroatoms. The Balaban J connectivity index is 1.27. The van der Waals surface area contributed by atoms with Gasteiger partial charge in [-0.15, -0.1) is 0 Å². The van der Waals surface area contributed by atoms with E-state index in [-0.39, 0.29) is 0 Å². The van der Waals surface area contributed by atoms with Crippen molar-refractivity contribution in [2.75, 3.05) is 0 Å². The summed E-state index contributed by atoms with van der Waals surface area (Å²) in [5.41, 5.74) is 17.3. The number of rotatable bonds is 0. The maximum absolute atomic E-state index is 2.52. The summed E-state index contributed by atoms with van der Waals surface area (Å²) in [6.07, 6.45) is 14.5. The second kappa shape index (κ2) is 5.96. The first-order chi connectivity index (χ1) is 19.8. The predicted octanol–water partition coefficient (Wildman–Crippen LogP) is 10.0. The molecule has 0 saturated heterocycles. The van der Waals surface area contributed by atoms with Crippen molar-refractivity contribution in [2.45, 2.75) is 11.8 Å². The lowest BCUT2D eigenvalue weighted by Crippen LogP contribution is -2.14. The van der Waals surface area contributed by atoms with Crippen molar-refractivity contribution in [3.8, 4) is 0 Å². The molecule has 0 amide bonds. The predicted molar refractivity (Wildman–Crippen MR) is 168 cm³/mol. The molecule has 0 N–H and O–H groups in total. The summed E-state index contributed by atoms with van der Waals surface area (Å²) in [4.78, 5) is 0. The van der Waals surface area contributed by atoms with Crippen LogP contribution in [0.25, 0.3) is 66.4 Å². The molecule has 40 heavy (non-hydrogen) atoms. The first-order valence-electron chi connectivity index (χ1n) is 14.4. The Kier molecular flexibility index (Phi) is 2.85. The number of benzene rings is 6. The van der Waals surface area contributed by atoms with Gasteiger partial charge in [0.05, 0.1) is 0 Å². The minimum absolute atomic E-state index is 0.348. The average molecular weight is 501 g/mol. The summed E-state index contributed by atoms with van der Waals surface area (Å²) in [6.45, 7) is 0. The normalized spacial score (nSPS) is 22.8. The molecule has 0 radical (unpaired) electrons. The Morgan fingerprint density at radius 2 is 0.725 bits per heavy atom. The molecule has 6 aliphatic rings. The highest BCUT2D eigenvalue weighted by Crippen LogP contribution is 2.60. The zero-order chi connectivity index (χ0) is 25.4. The highest BCUT2D eigenvalue weighted by molar-refractivity contribution is 6.22. The number of hydrogen-bond acceptors (Lipinski definition) is 0. The molecule has 0 heterocycles. The fraction of sp³-hybridized carbons (Fsp3) is 0.0500. The lowest BCUT2D eigenvalue weighted by molar-refractivity contribution is 0.984. The summed E-state index contributed by atoms with van der Waals surface area (Å²) < 4.78 is 0. The first-order valence-corrected chi connectivity index (χ1v) is 14.4. The molecule has 0 fully saturated rings. The van der Waals surface area contributed by atoms with Crippen LogP contribution >= 0.6 is 0 Å². The van der Waals surface area contributed by atoms with Crippen LogP contribution in [0.15, 0.2) is 108 Å². The van der Waals surface area contributed by atoms with Crippen molar-refractivity contribution < 1.29 is 0 Å². The van der Waals surface area contributed by atoms with Crippen LogP contribution in [0, 0.1) is 0 Å². The fourth-order valence-corrected chi connectivity index (χ4v) is 9.31. The van der Waals surface area contributed by atoms with E-state index in [0.29, 0.717) is 11.8 Å². The minimum Gasteiger partial charge on any atom is -0.0574 e. The SMILES string of the molecule is C1=Cc2ccc3ccc4ccc5c6c4c3c2C6C1=C/C5=C1/C=C2C=Cc3ccc4ccc5ccc1c1c5c4c3C21. The van der Waals surface area contributed by atoms with Crippen LogP contribution in [-0.4, -0.2) is 0 Å². The Bertz CT molecular complexity index is 2340. The summed E-state index contributed by atoms with van der Waals surface area (Å²) in [5, 5.41) is 11.4. The van der Waals surface area contributed by atoms with Gasteiger partial charge in [-0.3, -0.25) is 0 Å². The summed E-state index contributed by atoms with van der Waals surface area (Å²) in [6, 6.07) is 28.1. The molecule has 0 spiro atoms. The Hall–Kier alpha value is -4.94. The second-order valence-corrected chi connectivity index (χ2v) is 12.4. The van der Waals surface area contributed by atoms with Crippen molar-refractivity contribution >= 4 is 66.4 Å². The third-order valence-corrected chi connectivity index (χ3v) is 10.8. The first kappa shape index (κ1) is 19.2. The zero-order valence-corrected chi connectivity index (χ0v) is 21.5. The Morgan fingerprint density at radius 1 is 0.350 bits per heavy atom. The number of hydrogen-bond donors (Lipinski definition) is 0. The molecule has 0 aliphatic heterocycles. The Labute approximate surface area is 230 Å². The monoisotopic (exact) mass is 500 g/mol. The molecule has 12 rings (SSSR count). The van der Waals surface area contributed by atoms with Crippen molar-refractivity contribution in [3.05, 3.63) is 153 Å². The molecular weight excluding hydrogens is 480 g/mol. The summed E-state index contributed by atoms with van der Waals surface area (Å²) in [5.74, 6) is 0.696. The van der Waals surface area contributed by atoms with Gasteiger partial charge in [-0.1, -0.05) is 97.1 Å². The van der Waals surface area contributed by atoms with Crippen LogP contribution in [0.4, 0.5) is 0 Å². The van der Waals surface area contributed by atoms with Gasteiger partial charge < -0.3 is 0 Å². The third kappa shape index (κ3) is 1.86. The highest BCUT2D eigenvalue weighted by atomic mass is 14.4. The fourth-order valence-electron chi connectivity index (χ4n) is 9.31. The lowest BCUT2D eigenvalue weighted by atomic mass is 9.70. The van der Waals surface area contributed by atoms with Crippen LogP contribution < -0.4 is 0 Å². The molecule has 6 aliphatic carbocycles. The molecule has 6 aromatic carbocycles. The molecule has 0 aromatic heterocycles. The molecule has 0 bridgehead atoms. The van der Waals surface area contributed by atoms with Gasteiger partial charge in [0.15, 0.2) is 0 Å². The maximum atomic E-state index is 2.52. The van der Waals surface area contributed by atoms with Gasteiger partial charge in [0.1, 0.15) is 0 Å². The van der Waals surface area contributed by atoms with Crippen molar-refractivity contribution in [1.29, 1.82) is 0 Å². The molecule has 0 saturated carbocycles. The van der Waals surface area contributed by atoms with E-state index in [2.05, 4.69) is 109 Å². The van der Waals surface area contributed by atoms with Crippen LogP contribution in [-0.2, 0) is 0 Å². The summed E-state index contributed by atoms with van der Waals surface area (Å²) >= 11 is 0. The van der Waals surface area contributed by atoms with E-state index in [1.165, 1.54) is 110 Å². The topological polar surface area (TPSA) is 0 Å². The van der Waals surface area contributed by atoms with Gasteiger partial charge in [0.2, 0.25) is 0 Å². The molecule has 6 aromatic rings. The van der Waals surface area contributed by atoms with E-state index in [1.54, 1.807) is 0 Å². The smallest absolute Gasteiger partial charge is 0.0365 e. The van der Waals surface area contributed by atoms with E-state index in [1.807, 2.05) is 0 Å². The van der Waals surface area contributed by atoms with E-state index in [9.17, 15) is 0 Å². The minimum atomic E-state index is 0.348. The van der Waals surface area contributed by atoms with Crippen LogP contribution in [0.1, 0.15) is 56.3 Å². The van der Waals surface area contributed by atoms with Crippen LogP contribution in [0.3, 0.4) is 0 Å². The molecular formula is C40H20. The quantitative estimate of drug-likeness (QED) is 0.182. The van der Waals surface area contributed by atoms with E-state index in [0.717, 1.165) is 0 Å². The van der Waals surface area contributed by atoms with E-state index < -0.39 is 0 Å². The van der Waals surface area contributed by atoms with Crippen molar-refractivity contribution in [1.82, 2.24) is 0 Å². The van der Waals surface area contributed by atoms with E-state index in [4.69, 9.17) is 0 Å². The molecule has 2 unspecified atom stereocenters. The van der Waals surface area contributed by atoms with Gasteiger partial charge in [-0.25, -0.2) is 0 Å². The summed E-state index contributed by atoms with van der Waals surface area (Å²) in [7, 11) is 0. The Morgan fingerprint density at radius 3 is 1.18 bits per heavy atom. The van der Waals surface area contributed by atoms with Crippen LogP contribution in [0.2, 0.25) is 0 Å². The van der Waals surface area contributed by atoms with Crippen LogP contribution in [0.5, 0.6) is 0 Å². The molecule has 2 atom stereocenters. The van der Waals surface area contributed by atoms with E-state index >= 15 is 0 Å². The third-order valence-electron chi connectivity index (χ3n) is 10.8. The van der Waals surface area contributed by atoms with Crippen molar-refractivity contribution in [3.63, 3.8) is 0 Å². The standard InChI is InChI=1S/C40H20/c1-3-21-9-11-25-17-29(27-15-13-23-7-5-19(1)31-33(21)37(25)39(27)35(23)31)30-18-26-12-10-22-4-2-20-6-8-24-14-16-28(30)40-36(24)32(20)34(22)38(26)40/h1-18,37-38H/b30-29+. The zero-order valence-electron chi connectivity index (χ0n) is 21.5. The van der Waals surface area contributed by atoms with Crippen molar-refractivity contribution in [2.24, 2.45) is 0 Å². The van der Waals surface area contributed by atoms with Gasteiger partial charge in [0.25, 0.3) is 0 Å². The average Bonchev–Trinajstić information content (AvgIpc) is 3.57. The largest absolute Gasteiger partial charge is 0.0574 e. The molecule has 180 valence electrons. The van der Waals surface area contributed by atoms with Gasteiger partial charge in [0, 0.05) is 11.8 Å². The highest BCUT2D eigenvalue weighted by Gasteiger charge is 2.41.